The maximum Gasteiger partial charge on any atom is 0.141 e. The highest BCUT2D eigenvalue weighted by Gasteiger charge is 2.19. The maximum absolute atomic E-state index is 13.0. The highest BCUT2D eigenvalue weighted by molar-refractivity contribution is 6.30. The van der Waals surface area contributed by atoms with Crippen molar-refractivity contribution < 1.29 is 9.18 Å². The zero-order valence-electron chi connectivity index (χ0n) is 9.01. The zero-order chi connectivity index (χ0) is 11.5. The Bertz CT molecular complexity index is 403. The Labute approximate surface area is 99.6 Å². The molecule has 1 unspecified atom stereocenters. The standard InChI is InChI=1S/C13H14ClFO/c14-12-8-10(4-5-13(12)15)6-9-2-1-3-11(16)7-9/h4-5,8-9H,1-3,6-7H2. The van der Waals surface area contributed by atoms with Gasteiger partial charge in [0.05, 0.1) is 5.02 Å². The van der Waals surface area contributed by atoms with Gasteiger partial charge in [0, 0.05) is 12.8 Å². The van der Waals surface area contributed by atoms with Gasteiger partial charge >= 0.3 is 0 Å². The molecule has 0 aliphatic heterocycles. The van der Waals surface area contributed by atoms with Crippen molar-refractivity contribution in [2.75, 3.05) is 0 Å². The van der Waals surface area contributed by atoms with Crippen molar-refractivity contribution >= 4 is 17.4 Å². The summed E-state index contributed by atoms with van der Waals surface area (Å²) in [5.74, 6) is 0.373. The summed E-state index contributed by atoms with van der Waals surface area (Å²) in [6.45, 7) is 0. The molecule has 86 valence electrons. The number of rotatable bonds is 2. The third kappa shape index (κ3) is 2.82. The molecular formula is C13H14ClFO. The van der Waals surface area contributed by atoms with E-state index in [1.807, 2.05) is 0 Å². The lowest BCUT2D eigenvalue weighted by atomic mass is 9.84. The molecule has 16 heavy (non-hydrogen) atoms. The van der Waals surface area contributed by atoms with Crippen molar-refractivity contribution in [3.8, 4) is 0 Å². The number of hydrogen-bond acceptors (Lipinski definition) is 1. The molecule has 1 atom stereocenters. The quantitative estimate of drug-likeness (QED) is 0.769. The predicted molar refractivity (Wildman–Crippen MR) is 62.1 cm³/mol. The topological polar surface area (TPSA) is 17.1 Å². The van der Waals surface area contributed by atoms with E-state index < -0.39 is 0 Å². The minimum atomic E-state index is -0.384. The molecule has 0 radical (unpaired) electrons. The van der Waals surface area contributed by atoms with E-state index in [9.17, 15) is 9.18 Å². The van der Waals surface area contributed by atoms with Crippen LogP contribution in [0.1, 0.15) is 31.2 Å². The Balaban J connectivity index is 2.03. The summed E-state index contributed by atoms with van der Waals surface area (Å²) in [6.07, 6.45) is 4.28. The third-order valence-electron chi connectivity index (χ3n) is 3.09. The van der Waals surface area contributed by atoms with E-state index in [-0.39, 0.29) is 10.8 Å². The van der Waals surface area contributed by atoms with Crippen molar-refractivity contribution in [1.29, 1.82) is 0 Å². The van der Waals surface area contributed by atoms with Crippen LogP contribution < -0.4 is 0 Å². The molecule has 0 amide bonds. The fourth-order valence-electron chi connectivity index (χ4n) is 2.29. The van der Waals surface area contributed by atoms with Crippen molar-refractivity contribution in [3.63, 3.8) is 0 Å². The SMILES string of the molecule is O=C1CCCC(Cc2ccc(F)c(Cl)c2)C1. The van der Waals surface area contributed by atoms with E-state index in [0.29, 0.717) is 18.1 Å². The van der Waals surface area contributed by atoms with Crippen LogP contribution in [0.15, 0.2) is 18.2 Å². The second-order valence-corrected chi connectivity index (χ2v) is 4.86. The van der Waals surface area contributed by atoms with E-state index in [0.717, 1.165) is 31.2 Å². The number of benzene rings is 1. The Kier molecular flexibility index (Phi) is 3.59. The minimum Gasteiger partial charge on any atom is -0.300 e. The summed E-state index contributed by atoms with van der Waals surface area (Å²) < 4.78 is 13.0. The molecule has 0 heterocycles. The number of hydrogen-bond donors (Lipinski definition) is 0. The van der Waals surface area contributed by atoms with Crippen LogP contribution in [-0.4, -0.2) is 5.78 Å². The van der Waals surface area contributed by atoms with Crippen molar-refractivity contribution in [3.05, 3.63) is 34.6 Å². The first-order chi connectivity index (χ1) is 7.65. The average molecular weight is 241 g/mol. The molecule has 0 N–H and O–H groups in total. The van der Waals surface area contributed by atoms with Gasteiger partial charge in [-0.05, 0) is 42.9 Å². The van der Waals surface area contributed by atoms with Crippen LogP contribution in [-0.2, 0) is 11.2 Å². The van der Waals surface area contributed by atoms with E-state index in [1.54, 1.807) is 12.1 Å². The van der Waals surface area contributed by atoms with Crippen LogP contribution in [0.25, 0.3) is 0 Å². The molecule has 1 aliphatic rings. The molecular weight excluding hydrogens is 227 g/mol. The number of halogens is 2. The average Bonchev–Trinajstić information content (AvgIpc) is 2.24. The zero-order valence-corrected chi connectivity index (χ0v) is 9.77. The number of carbonyl (C=O) groups is 1. The Morgan fingerprint density at radius 2 is 2.25 bits per heavy atom. The van der Waals surface area contributed by atoms with Crippen molar-refractivity contribution in [2.24, 2.45) is 5.92 Å². The summed E-state index contributed by atoms with van der Waals surface area (Å²) in [6, 6.07) is 4.80. The first-order valence-electron chi connectivity index (χ1n) is 5.61. The van der Waals surface area contributed by atoms with Gasteiger partial charge < -0.3 is 0 Å². The van der Waals surface area contributed by atoms with Crippen LogP contribution in [0.5, 0.6) is 0 Å². The molecule has 0 spiro atoms. The van der Waals surface area contributed by atoms with Gasteiger partial charge in [-0.25, -0.2) is 4.39 Å². The van der Waals surface area contributed by atoms with E-state index >= 15 is 0 Å². The van der Waals surface area contributed by atoms with Gasteiger partial charge in [0.1, 0.15) is 11.6 Å². The third-order valence-corrected chi connectivity index (χ3v) is 3.38. The first kappa shape index (κ1) is 11.6. The fourth-order valence-corrected chi connectivity index (χ4v) is 2.49. The second-order valence-electron chi connectivity index (χ2n) is 4.45. The minimum absolute atomic E-state index is 0.166. The maximum atomic E-state index is 13.0. The molecule has 1 aromatic rings. The van der Waals surface area contributed by atoms with E-state index in [2.05, 4.69) is 0 Å². The van der Waals surface area contributed by atoms with Crippen LogP contribution >= 0.6 is 11.6 Å². The first-order valence-corrected chi connectivity index (χ1v) is 5.98. The van der Waals surface area contributed by atoms with Gasteiger partial charge in [-0.3, -0.25) is 4.79 Å². The van der Waals surface area contributed by atoms with Gasteiger partial charge in [-0.15, -0.1) is 0 Å². The highest BCUT2D eigenvalue weighted by Crippen LogP contribution is 2.26. The van der Waals surface area contributed by atoms with Crippen LogP contribution in [0, 0.1) is 11.7 Å². The Hall–Kier alpha value is -0.890. The van der Waals surface area contributed by atoms with Gasteiger partial charge in [-0.2, -0.15) is 0 Å². The Morgan fingerprint density at radius 3 is 2.94 bits per heavy atom. The lowest BCUT2D eigenvalue weighted by molar-refractivity contribution is -0.121. The van der Waals surface area contributed by atoms with Crippen molar-refractivity contribution in [1.82, 2.24) is 0 Å². The summed E-state index contributed by atoms with van der Waals surface area (Å²) in [5, 5.41) is 0.166. The largest absolute Gasteiger partial charge is 0.300 e. The highest BCUT2D eigenvalue weighted by atomic mass is 35.5. The summed E-state index contributed by atoms with van der Waals surface area (Å²) in [5.41, 5.74) is 1.02. The molecule has 1 fully saturated rings. The summed E-state index contributed by atoms with van der Waals surface area (Å²) in [7, 11) is 0. The van der Waals surface area contributed by atoms with Crippen LogP contribution in [0.2, 0.25) is 5.02 Å². The van der Waals surface area contributed by atoms with Gasteiger partial charge in [0.25, 0.3) is 0 Å². The fraction of sp³-hybridized carbons (Fsp3) is 0.462. The molecule has 0 bridgehead atoms. The monoisotopic (exact) mass is 240 g/mol. The molecule has 3 heteroatoms. The second kappa shape index (κ2) is 4.96. The molecule has 1 nitrogen and oxygen atoms in total. The van der Waals surface area contributed by atoms with Crippen LogP contribution in [0.4, 0.5) is 4.39 Å². The van der Waals surface area contributed by atoms with E-state index in [1.165, 1.54) is 6.07 Å². The lowest BCUT2D eigenvalue weighted by Gasteiger charge is -2.20. The van der Waals surface area contributed by atoms with Gasteiger partial charge in [-0.1, -0.05) is 17.7 Å². The molecule has 0 aromatic heterocycles. The van der Waals surface area contributed by atoms with Crippen LogP contribution in [0.3, 0.4) is 0 Å². The number of Topliss-reactive ketones (excluding diaryl/α,β-unsaturated/α-hetero) is 1. The number of ketones is 1. The normalized spacial score (nSPS) is 21.1. The molecule has 1 aromatic carbocycles. The summed E-state index contributed by atoms with van der Waals surface area (Å²) >= 11 is 5.72. The smallest absolute Gasteiger partial charge is 0.141 e. The lowest BCUT2D eigenvalue weighted by Crippen LogP contribution is -2.16. The summed E-state index contributed by atoms with van der Waals surface area (Å²) in [4.78, 5) is 11.3. The van der Waals surface area contributed by atoms with Gasteiger partial charge in [0.15, 0.2) is 0 Å². The Morgan fingerprint density at radius 1 is 1.44 bits per heavy atom. The molecule has 0 saturated heterocycles. The molecule has 1 saturated carbocycles. The molecule has 1 aliphatic carbocycles. The van der Waals surface area contributed by atoms with Gasteiger partial charge in [0.2, 0.25) is 0 Å². The van der Waals surface area contributed by atoms with E-state index in [4.69, 9.17) is 11.6 Å². The molecule has 2 rings (SSSR count). The predicted octanol–water partition coefficient (Wildman–Crippen LogP) is 3.78. The number of carbonyl (C=O) groups excluding carboxylic acids is 1. The van der Waals surface area contributed by atoms with Crippen molar-refractivity contribution in [2.45, 2.75) is 32.1 Å².